The third-order valence-electron chi connectivity index (χ3n) is 8.68. The summed E-state index contributed by atoms with van der Waals surface area (Å²) in [7, 11) is 0. The number of aryl methyl sites for hydroxylation is 1. The maximum absolute atomic E-state index is 13.7. The summed E-state index contributed by atoms with van der Waals surface area (Å²) in [5, 5.41) is 7.12. The highest BCUT2D eigenvalue weighted by Crippen LogP contribution is 2.30. The lowest BCUT2D eigenvalue weighted by atomic mass is 9.96. The van der Waals surface area contributed by atoms with Gasteiger partial charge in [0.1, 0.15) is 17.7 Å². The van der Waals surface area contributed by atoms with Crippen LogP contribution < -0.4 is 16.2 Å². The van der Waals surface area contributed by atoms with Gasteiger partial charge in [0, 0.05) is 57.1 Å². The quantitative estimate of drug-likeness (QED) is 0.293. The third kappa shape index (κ3) is 6.13. The zero-order valence-corrected chi connectivity index (χ0v) is 24.6. The summed E-state index contributed by atoms with van der Waals surface area (Å²) >= 11 is 0. The molecule has 228 valence electrons. The second-order valence-electron chi connectivity index (χ2n) is 11.5. The zero-order valence-electron chi connectivity index (χ0n) is 24.6. The minimum Gasteiger partial charge on any atom is -0.383 e. The van der Waals surface area contributed by atoms with Gasteiger partial charge in [-0.3, -0.25) is 34.1 Å². The van der Waals surface area contributed by atoms with Crippen molar-refractivity contribution in [1.29, 1.82) is 0 Å². The first-order valence-electron chi connectivity index (χ1n) is 15.0. The minimum absolute atomic E-state index is 0.109. The van der Waals surface area contributed by atoms with Gasteiger partial charge in [-0.05, 0) is 66.3 Å². The van der Waals surface area contributed by atoms with Crippen LogP contribution in [-0.2, 0) is 9.59 Å². The Bertz CT molecular complexity index is 1690. The molecule has 2 aliphatic rings. The molecule has 1 aromatic heterocycles. The van der Waals surface area contributed by atoms with Crippen molar-refractivity contribution in [3.05, 3.63) is 112 Å². The van der Waals surface area contributed by atoms with Gasteiger partial charge in [0.25, 0.3) is 5.56 Å². The number of aromatic nitrogens is 1. The van der Waals surface area contributed by atoms with E-state index in [1.807, 2.05) is 24.3 Å². The molecule has 1 unspecified atom stereocenters. The van der Waals surface area contributed by atoms with E-state index in [0.717, 1.165) is 49.2 Å². The smallest absolute Gasteiger partial charge is 0.261 e. The molecule has 0 saturated carbocycles. The fourth-order valence-corrected chi connectivity index (χ4v) is 6.47. The van der Waals surface area contributed by atoms with Crippen molar-refractivity contribution in [2.45, 2.75) is 31.8 Å². The lowest BCUT2D eigenvalue weighted by Gasteiger charge is -2.40. The van der Waals surface area contributed by atoms with Crippen LogP contribution in [0.3, 0.4) is 0 Å². The molecular weight excluding hydrogens is 564 g/mol. The van der Waals surface area contributed by atoms with Crippen LogP contribution >= 0.6 is 0 Å². The Morgan fingerprint density at radius 1 is 0.886 bits per heavy atom. The Kier molecular flexibility index (Phi) is 8.54. The summed E-state index contributed by atoms with van der Waals surface area (Å²) in [6.07, 6.45) is 0.490. The number of carbonyl (C=O) groups excluding carboxylic acids is 2. The summed E-state index contributed by atoms with van der Waals surface area (Å²) in [6.45, 7) is 6.38. The van der Waals surface area contributed by atoms with Crippen molar-refractivity contribution in [1.82, 2.24) is 19.7 Å². The molecule has 44 heavy (non-hydrogen) atoms. The molecule has 2 saturated heterocycles. The van der Waals surface area contributed by atoms with Crippen molar-refractivity contribution >= 4 is 28.3 Å². The summed E-state index contributed by atoms with van der Waals surface area (Å²) in [4.78, 5) is 42.7. The van der Waals surface area contributed by atoms with Gasteiger partial charge in [0.15, 0.2) is 0 Å². The van der Waals surface area contributed by atoms with Crippen molar-refractivity contribution in [3.63, 3.8) is 0 Å². The molecule has 8 nitrogen and oxygen atoms in total. The predicted molar refractivity (Wildman–Crippen MR) is 166 cm³/mol. The molecule has 3 heterocycles. The topological polar surface area (TPSA) is 86.7 Å². The van der Waals surface area contributed by atoms with E-state index in [0.29, 0.717) is 29.7 Å². The number of nitrogens with zero attached hydrogens (tertiary/aromatic N) is 3. The van der Waals surface area contributed by atoms with Crippen LogP contribution in [0.25, 0.3) is 10.8 Å². The molecule has 2 N–H and O–H groups in total. The Morgan fingerprint density at radius 2 is 1.52 bits per heavy atom. The highest BCUT2D eigenvalue weighted by atomic mass is 19.1. The molecule has 1 atom stereocenters. The summed E-state index contributed by atoms with van der Waals surface area (Å²) < 4.78 is 28.9. The number of benzene rings is 3. The van der Waals surface area contributed by atoms with Gasteiger partial charge in [-0.15, -0.1) is 0 Å². The highest BCUT2D eigenvalue weighted by molar-refractivity contribution is 6.00. The van der Waals surface area contributed by atoms with E-state index in [-0.39, 0.29) is 35.6 Å². The summed E-state index contributed by atoms with van der Waals surface area (Å²) in [6, 6.07) is 19.8. The van der Waals surface area contributed by atoms with Crippen LogP contribution in [0.2, 0.25) is 0 Å². The highest BCUT2D eigenvalue weighted by Gasteiger charge is 2.30. The number of carbonyl (C=O) groups is 2. The molecule has 4 aromatic rings. The van der Waals surface area contributed by atoms with Gasteiger partial charge in [0.05, 0.1) is 11.4 Å². The lowest BCUT2D eigenvalue weighted by Crippen LogP contribution is -2.48. The molecule has 10 heteroatoms. The zero-order chi connectivity index (χ0) is 30.8. The SMILES string of the molecule is Cc1cc2cccc(NCCN3CCN(C(c4ccc(F)cc4)c4ccc(F)cc4)CC3)c2c(=O)n1C1CCC(=O)NC1=O. The van der Waals surface area contributed by atoms with Crippen LogP contribution in [0.1, 0.15) is 41.7 Å². The molecular formula is C34H35F2N5O3. The first kappa shape index (κ1) is 29.7. The second-order valence-corrected chi connectivity index (χ2v) is 11.5. The first-order chi connectivity index (χ1) is 21.3. The number of rotatable bonds is 8. The standard InChI is InChI=1S/C34H35F2N5O3/c1-22-21-25-3-2-4-28(31(25)34(44)41(22)29-13-14-30(42)38-33(29)43)37-15-16-39-17-19-40(20-18-39)32(23-5-9-26(35)10-6-23)24-7-11-27(36)12-8-24/h2-12,21,29,32,37H,13-20H2,1H3,(H,38,42,43). The van der Waals surface area contributed by atoms with E-state index in [1.165, 1.54) is 28.8 Å². The second kappa shape index (κ2) is 12.7. The number of pyridine rings is 1. The monoisotopic (exact) mass is 599 g/mol. The van der Waals surface area contributed by atoms with Gasteiger partial charge in [-0.2, -0.15) is 0 Å². The normalized spacial score (nSPS) is 18.1. The predicted octanol–water partition coefficient (Wildman–Crippen LogP) is 4.38. The van der Waals surface area contributed by atoms with Crippen molar-refractivity contribution in [3.8, 4) is 0 Å². The number of fused-ring (bicyclic) bond motifs is 1. The summed E-state index contributed by atoms with van der Waals surface area (Å²) in [5.74, 6) is -1.35. The number of halogens is 2. The van der Waals surface area contributed by atoms with Gasteiger partial charge in [-0.25, -0.2) is 8.78 Å². The Hall–Kier alpha value is -4.41. The van der Waals surface area contributed by atoms with Crippen LogP contribution in [0.5, 0.6) is 0 Å². The van der Waals surface area contributed by atoms with Gasteiger partial charge < -0.3 is 5.32 Å². The third-order valence-corrected chi connectivity index (χ3v) is 8.68. The minimum atomic E-state index is -0.720. The first-order valence-corrected chi connectivity index (χ1v) is 15.0. The van der Waals surface area contributed by atoms with Crippen LogP contribution in [0.4, 0.5) is 14.5 Å². The molecule has 2 fully saturated rings. The number of imide groups is 1. The van der Waals surface area contributed by atoms with Crippen LogP contribution in [-0.4, -0.2) is 65.4 Å². The summed E-state index contributed by atoms with van der Waals surface area (Å²) in [5.41, 5.74) is 3.05. The average molecular weight is 600 g/mol. The Balaban J connectivity index is 1.13. The Labute approximate surface area is 254 Å². The molecule has 0 spiro atoms. The molecule has 0 bridgehead atoms. The van der Waals surface area contributed by atoms with Crippen molar-refractivity contribution in [2.75, 3.05) is 44.6 Å². The molecule has 0 radical (unpaired) electrons. The number of hydrogen-bond acceptors (Lipinski definition) is 6. The molecule has 6 rings (SSSR count). The maximum Gasteiger partial charge on any atom is 0.261 e. The molecule has 0 aliphatic carbocycles. The number of piperidine rings is 1. The number of anilines is 1. The van der Waals surface area contributed by atoms with Crippen molar-refractivity contribution < 1.29 is 18.4 Å². The number of hydrogen-bond donors (Lipinski definition) is 2. The fraction of sp³-hybridized carbons (Fsp3) is 0.324. The Morgan fingerprint density at radius 3 is 2.14 bits per heavy atom. The van der Waals surface area contributed by atoms with E-state index < -0.39 is 11.9 Å². The van der Waals surface area contributed by atoms with E-state index in [4.69, 9.17) is 0 Å². The van der Waals surface area contributed by atoms with Crippen molar-refractivity contribution in [2.24, 2.45) is 0 Å². The van der Waals surface area contributed by atoms with E-state index in [2.05, 4.69) is 20.4 Å². The number of piperazine rings is 1. The van der Waals surface area contributed by atoms with Crippen LogP contribution in [0.15, 0.2) is 77.6 Å². The lowest BCUT2D eigenvalue weighted by molar-refractivity contribution is -0.135. The largest absolute Gasteiger partial charge is 0.383 e. The molecule has 3 aromatic carbocycles. The van der Waals surface area contributed by atoms with E-state index in [1.54, 1.807) is 31.2 Å². The van der Waals surface area contributed by atoms with Gasteiger partial charge in [0.2, 0.25) is 11.8 Å². The molecule has 2 amide bonds. The van der Waals surface area contributed by atoms with Gasteiger partial charge in [-0.1, -0.05) is 36.4 Å². The fourth-order valence-electron chi connectivity index (χ4n) is 6.47. The number of nitrogens with one attached hydrogen (secondary N) is 2. The maximum atomic E-state index is 13.7. The van der Waals surface area contributed by atoms with Crippen LogP contribution in [0, 0.1) is 18.6 Å². The van der Waals surface area contributed by atoms with Gasteiger partial charge >= 0.3 is 0 Å². The molecule has 2 aliphatic heterocycles. The average Bonchev–Trinajstić information content (AvgIpc) is 3.01. The van der Waals surface area contributed by atoms with E-state index >= 15 is 0 Å². The number of amides is 2. The van der Waals surface area contributed by atoms with E-state index in [9.17, 15) is 23.2 Å².